The average molecular weight is 363 g/mol. The number of carbonyl (C=O) groups is 1. The van der Waals surface area contributed by atoms with Gasteiger partial charge in [-0.2, -0.15) is 0 Å². The number of aryl methyl sites for hydroxylation is 1. The van der Waals surface area contributed by atoms with E-state index in [9.17, 15) is 4.79 Å². The van der Waals surface area contributed by atoms with E-state index in [1.807, 2.05) is 30.0 Å². The number of rotatable bonds is 4. The molecule has 0 bridgehead atoms. The van der Waals surface area contributed by atoms with E-state index in [1.165, 1.54) is 6.26 Å². The Labute approximate surface area is 157 Å². The largest absolute Gasteiger partial charge is 0.459 e. The summed E-state index contributed by atoms with van der Waals surface area (Å²) < 4.78 is 5.24. The number of nitrogens with zero attached hydrogens (tertiary/aromatic N) is 4. The van der Waals surface area contributed by atoms with Crippen molar-refractivity contribution in [3.63, 3.8) is 0 Å². The van der Waals surface area contributed by atoms with Gasteiger partial charge in [0.1, 0.15) is 5.82 Å². The second-order valence-electron chi connectivity index (χ2n) is 6.67. The molecule has 7 heteroatoms. The van der Waals surface area contributed by atoms with E-state index < -0.39 is 0 Å². The van der Waals surface area contributed by atoms with Gasteiger partial charge in [0.2, 0.25) is 0 Å². The van der Waals surface area contributed by atoms with E-state index in [-0.39, 0.29) is 11.9 Å². The number of pyridine rings is 1. The molecule has 1 amide bonds. The maximum atomic E-state index is 12.5. The average Bonchev–Trinajstić information content (AvgIpc) is 3.23. The van der Waals surface area contributed by atoms with Gasteiger partial charge in [0.05, 0.1) is 6.26 Å². The van der Waals surface area contributed by atoms with Crippen LogP contribution in [0.15, 0.2) is 53.4 Å². The van der Waals surface area contributed by atoms with Crippen LogP contribution in [0.3, 0.4) is 0 Å². The minimum Gasteiger partial charge on any atom is -0.459 e. The Kier molecular flexibility index (Phi) is 4.82. The summed E-state index contributed by atoms with van der Waals surface area (Å²) in [7, 11) is 0. The number of hydrogen-bond acceptors (Lipinski definition) is 6. The normalized spacial score (nSPS) is 16.9. The van der Waals surface area contributed by atoms with Crippen LogP contribution in [0.1, 0.15) is 29.1 Å². The molecular formula is C20H21N5O2. The number of nitrogens with one attached hydrogen (secondary N) is 1. The zero-order valence-electron chi connectivity index (χ0n) is 15.1. The van der Waals surface area contributed by atoms with E-state index in [2.05, 4.69) is 20.3 Å². The molecule has 0 saturated carbocycles. The van der Waals surface area contributed by atoms with Crippen LogP contribution in [0.2, 0.25) is 0 Å². The van der Waals surface area contributed by atoms with Crippen molar-refractivity contribution in [3.8, 4) is 11.4 Å². The Morgan fingerprint density at radius 3 is 3.00 bits per heavy atom. The number of aromatic nitrogens is 3. The smallest absolute Gasteiger partial charge is 0.289 e. The molecule has 4 heterocycles. The summed E-state index contributed by atoms with van der Waals surface area (Å²) in [4.78, 5) is 27.6. The number of amides is 1. The molecule has 1 N–H and O–H groups in total. The Morgan fingerprint density at radius 2 is 2.22 bits per heavy atom. The fraction of sp³-hybridized carbons (Fsp3) is 0.300. The van der Waals surface area contributed by atoms with Crippen LogP contribution in [0.4, 0.5) is 5.82 Å². The molecule has 1 fully saturated rings. The number of piperidine rings is 1. The molecule has 7 nitrogen and oxygen atoms in total. The minimum absolute atomic E-state index is 0.0681. The summed E-state index contributed by atoms with van der Waals surface area (Å²) in [6, 6.07) is 9.30. The number of hydrogen-bond donors (Lipinski definition) is 1. The highest BCUT2D eigenvalue weighted by molar-refractivity contribution is 5.91. The first-order valence-corrected chi connectivity index (χ1v) is 9.04. The van der Waals surface area contributed by atoms with Gasteiger partial charge in [0.15, 0.2) is 11.6 Å². The molecule has 3 aromatic heterocycles. The predicted molar refractivity (Wildman–Crippen MR) is 101 cm³/mol. The van der Waals surface area contributed by atoms with Crippen molar-refractivity contribution >= 4 is 11.7 Å². The summed E-state index contributed by atoms with van der Waals surface area (Å²) in [5.41, 5.74) is 1.76. The van der Waals surface area contributed by atoms with Gasteiger partial charge < -0.3 is 14.6 Å². The summed E-state index contributed by atoms with van der Waals surface area (Å²) >= 11 is 0. The molecule has 1 atom stereocenters. The van der Waals surface area contributed by atoms with Gasteiger partial charge in [-0.15, -0.1) is 0 Å². The standard InChI is InChI=1S/C20H21N5O2/c1-14-11-18(24-19(22-14)15-5-2-8-21-12-15)23-16-6-3-9-25(13-16)20(26)17-7-4-10-27-17/h2,4-5,7-8,10-12,16H,3,6,9,13H2,1H3,(H,22,23,24). The van der Waals surface area contributed by atoms with Crippen molar-refractivity contribution < 1.29 is 9.21 Å². The SMILES string of the molecule is Cc1cc(NC2CCCN(C(=O)c3ccco3)C2)nc(-c2cccnc2)n1. The number of anilines is 1. The first-order chi connectivity index (χ1) is 13.2. The van der Waals surface area contributed by atoms with Gasteiger partial charge in [-0.25, -0.2) is 9.97 Å². The second kappa shape index (κ2) is 7.57. The molecule has 138 valence electrons. The number of likely N-dealkylation sites (tertiary alicyclic amines) is 1. The molecule has 0 spiro atoms. The van der Waals surface area contributed by atoms with Crippen molar-refractivity contribution in [2.45, 2.75) is 25.8 Å². The van der Waals surface area contributed by atoms with Gasteiger partial charge in [-0.05, 0) is 44.0 Å². The van der Waals surface area contributed by atoms with Crippen molar-refractivity contribution in [1.29, 1.82) is 0 Å². The zero-order valence-corrected chi connectivity index (χ0v) is 15.1. The highest BCUT2D eigenvalue weighted by Crippen LogP contribution is 2.20. The van der Waals surface area contributed by atoms with Gasteiger partial charge >= 0.3 is 0 Å². The van der Waals surface area contributed by atoms with E-state index in [0.29, 0.717) is 18.1 Å². The van der Waals surface area contributed by atoms with Crippen LogP contribution in [0, 0.1) is 6.92 Å². The molecule has 27 heavy (non-hydrogen) atoms. The van der Waals surface area contributed by atoms with Crippen LogP contribution >= 0.6 is 0 Å². The third-order valence-corrected chi connectivity index (χ3v) is 4.57. The fourth-order valence-electron chi connectivity index (χ4n) is 3.31. The first kappa shape index (κ1) is 17.2. The lowest BCUT2D eigenvalue weighted by atomic mass is 10.1. The summed E-state index contributed by atoms with van der Waals surface area (Å²) in [5.74, 6) is 1.72. The van der Waals surface area contributed by atoms with E-state index >= 15 is 0 Å². The van der Waals surface area contributed by atoms with Crippen LogP contribution in [0.5, 0.6) is 0 Å². The summed E-state index contributed by atoms with van der Waals surface area (Å²) in [5, 5.41) is 3.47. The zero-order chi connectivity index (χ0) is 18.6. The Balaban J connectivity index is 1.49. The monoisotopic (exact) mass is 363 g/mol. The molecule has 0 aromatic carbocycles. The van der Waals surface area contributed by atoms with Crippen LogP contribution in [0.25, 0.3) is 11.4 Å². The Hall–Kier alpha value is -3.22. The molecule has 1 aliphatic rings. The Bertz CT molecular complexity index is 911. The molecular weight excluding hydrogens is 342 g/mol. The number of carbonyl (C=O) groups excluding carboxylic acids is 1. The molecule has 1 aliphatic heterocycles. The number of furan rings is 1. The quantitative estimate of drug-likeness (QED) is 0.766. The molecule has 0 radical (unpaired) electrons. The molecule has 3 aromatic rings. The van der Waals surface area contributed by atoms with Gasteiger partial charge in [-0.1, -0.05) is 0 Å². The topological polar surface area (TPSA) is 84.2 Å². The summed E-state index contributed by atoms with van der Waals surface area (Å²) in [6.07, 6.45) is 6.92. The van der Waals surface area contributed by atoms with Gasteiger partial charge in [-0.3, -0.25) is 9.78 Å². The van der Waals surface area contributed by atoms with Crippen molar-refractivity contribution in [2.24, 2.45) is 0 Å². The first-order valence-electron chi connectivity index (χ1n) is 9.04. The van der Waals surface area contributed by atoms with E-state index in [0.717, 1.165) is 36.5 Å². The van der Waals surface area contributed by atoms with Crippen molar-refractivity contribution in [1.82, 2.24) is 19.9 Å². The van der Waals surface area contributed by atoms with Crippen LogP contribution in [-0.2, 0) is 0 Å². The Morgan fingerprint density at radius 1 is 1.30 bits per heavy atom. The van der Waals surface area contributed by atoms with Crippen LogP contribution < -0.4 is 5.32 Å². The lowest BCUT2D eigenvalue weighted by Crippen LogP contribution is -2.45. The lowest BCUT2D eigenvalue weighted by molar-refractivity contribution is 0.0682. The van der Waals surface area contributed by atoms with Crippen molar-refractivity contribution in [2.75, 3.05) is 18.4 Å². The maximum absolute atomic E-state index is 12.5. The fourth-order valence-corrected chi connectivity index (χ4v) is 3.31. The minimum atomic E-state index is -0.0681. The third-order valence-electron chi connectivity index (χ3n) is 4.57. The molecule has 1 unspecified atom stereocenters. The van der Waals surface area contributed by atoms with Crippen LogP contribution in [-0.4, -0.2) is 44.9 Å². The second-order valence-corrected chi connectivity index (χ2v) is 6.67. The lowest BCUT2D eigenvalue weighted by Gasteiger charge is -2.33. The van der Waals surface area contributed by atoms with E-state index in [4.69, 9.17) is 4.42 Å². The van der Waals surface area contributed by atoms with Crippen molar-refractivity contribution in [3.05, 3.63) is 60.4 Å². The highest BCUT2D eigenvalue weighted by Gasteiger charge is 2.26. The third kappa shape index (κ3) is 3.97. The van der Waals surface area contributed by atoms with Gasteiger partial charge in [0, 0.05) is 48.8 Å². The van der Waals surface area contributed by atoms with E-state index in [1.54, 1.807) is 24.5 Å². The maximum Gasteiger partial charge on any atom is 0.289 e. The molecule has 1 saturated heterocycles. The summed E-state index contributed by atoms with van der Waals surface area (Å²) in [6.45, 7) is 3.30. The molecule has 0 aliphatic carbocycles. The highest BCUT2D eigenvalue weighted by atomic mass is 16.3. The predicted octanol–water partition coefficient (Wildman–Crippen LogP) is 3.16. The molecule has 4 rings (SSSR count). The van der Waals surface area contributed by atoms with Gasteiger partial charge in [0.25, 0.3) is 5.91 Å².